The molecule has 1 aliphatic carbocycles. The first-order valence-electron chi connectivity index (χ1n) is 7.31. The first-order valence-corrected chi connectivity index (χ1v) is 7.69. The van der Waals surface area contributed by atoms with E-state index in [1.165, 1.54) is 18.4 Å². The highest BCUT2D eigenvalue weighted by Gasteiger charge is 2.39. The van der Waals surface area contributed by atoms with E-state index < -0.39 is 0 Å². The Balaban J connectivity index is 1.96. The second-order valence-electron chi connectivity index (χ2n) is 5.57. The van der Waals surface area contributed by atoms with Gasteiger partial charge in [0.15, 0.2) is 0 Å². The molecule has 0 spiro atoms. The molecule has 0 atom stereocenters. The number of aryl methyl sites for hydroxylation is 1. The van der Waals surface area contributed by atoms with E-state index in [0.717, 1.165) is 43.1 Å². The van der Waals surface area contributed by atoms with Gasteiger partial charge in [0.2, 0.25) is 0 Å². The lowest BCUT2D eigenvalue weighted by Crippen LogP contribution is -2.45. The molecule has 2 nitrogen and oxygen atoms in total. The van der Waals surface area contributed by atoms with Gasteiger partial charge < -0.3 is 10.1 Å². The summed E-state index contributed by atoms with van der Waals surface area (Å²) in [6, 6.07) is 5.99. The molecule has 0 radical (unpaired) electrons. The number of halogens is 1. The summed E-state index contributed by atoms with van der Waals surface area (Å²) in [5, 5.41) is 4.18. The Morgan fingerprint density at radius 3 is 2.74 bits per heavy atom. The van der Waals surface area contributed by atoms with Crippen LogP contribution < -0.4 is 10.1 Å². The van der Waals surface area contributed by atoms with Crippen LogP contribution in [0.2, 0.25) is 5.02 Å². The van der Waals surface area contributed by atoms with Crippen molar-refractivity contribution in [3.8, 4) is 5.75 Å². The smallest absolute Gasteiger partial charge is 0.138 e. The van der Waals surface area contributed by atoms with Crippen molar-refractivity contribution < 1.29 is 4.74 Å². The molecule has 1 aromatic rings. The zero-order valence-corrected chi connectivity index (χ0v) is 12.7. The predicted octanol–water partition coefficient (Wildman–Crippen LogP) is 4.34. The first-order chi connectivity index (χ1) is 9.15. The van der Waals surface area contributed by atoms with Gasteiger partial charge in [-0.1, -0.05) is 24.6 Å². The van der Waals surface area contributed by atoms with Gasteiger partial charge in [-0.05, 0) is 69.8 Å². The Labute approximate surface area is 121 Å². The van der Waals surface area contributed by atoms with E-state index in [9.17, 15) is 0 Å². The summed E-state index contributed by atoms with van der Waals surface area (Å²) in [6.07, 6.45) is 5.79. The maximum absolute atomic E-state index is 6.26. The highest BCUT2D eigenvalue weighted by Crippen LogP contribution is 2.41. The minimum atomic E-state index is 0.0121. The molecule has 0 unspecified atom stereocenters. The Hall–Kier alpha value is -0.730. The molecule has 0 aliphatic heterocycles. The Kier molecular flexibility index (Phi) is 5.12. The van der Waals surface area contributed by atoms with E-state index in [-0.39, 0.29) is 5.60 Å². The van der Waals surface area contributed by atoms with Crippen LogP contribution in [0.25, 0.3) is 0 Å². The summed E-state index contributed by atoms with van der Waals surface area (Å²) in [5.74, 6) is 0.844. The third kappa shape index (κ3) is 3.87. The molecule has 19 heavy (non-hydrogen) atoms. The quantitative estimate of drug-likeness (QED) is 0.751. The molecular formula is C16H24ClNO. The van der Waals surface area contributed by atoms with Crippen LogP contribution in [0.5, 0.6) is 5.75 Å². The van der Waals surface area contributed by atoms with Crippen molar-refractivity contribution in [3.63, 3.8) is 0 Å². The van der Waals surface area contributed by atoms with E-state index in [4.69, 9.17) is 16.3 Å². The molecule has 0 saturated heterocycles. The maximum atomic E-state index is 6.26. The van der Waals surface area contributed by atoms with Crippen LogP contribution in [-0.2, 0) is 0 Å². The van der Waals surface area contributed by atoms with Crippen molar-refractivity contribution in [3.05, 3.63) is 28.8 Å². The largest absolute Gasteiger partial charge is 0.486 e. The average Bonchev–Trinajstić information content (AvgIpc) is 2.35. The van der Waals surface area contributed by atoms with Gasteiger partial charge in [0.25, 0.3) is 0 Å². The van der Waals surface area contributed by atoms with E-state index in [0.29, 0.717) is 0 Å². The molecule has 1 saturated carbocycles. The molecule has 2 rings (SSSR count). The van der Waals surface area contributed by atoms with Crippen molar-refractivity contribution in [1.29, 1.82) is 0 Å². The van der Waals surface area contributed by atoms with Crippen molar-refractivity contribution >= 4 is 11.6 Å². The first kappa shape index (κ1) is 14.7. The monoisotopic (exact) mass is 281 g/mol. The maximum Gasteiger partial charge on any atom is 0.138 e. The van der Waals surface area contributed by atoms with Crippen molar-refractivity contribution in [2.24, 2.45) is 0 Å². The van der Waals surface area contributed by atoms with Gasteiger partial charge in [-0.25, -0.2) is 0 Å². The van der Waals surface area contributed by atoms with Crippen molar-refractivity contribution in [2.75, 3.05) is 13.1 Å². The van der Waals surface area contributed by atoms with Gasteiger partial charge in [0.05, 0.1) is 5.02 Å². The molecule has 0 aromatic heterocycles. The van der Waals surface area contributed by atoms with Gasteiger partial charge in [0.1, 0.15) is 11.4 Å². The zero-order chi connectivity index (χ0) is 13.7. The summed E-state index contributed by atoms with van der Waals surface area (Å²) < 4.78 is 6.26. The molecule has 1 aromatic carbocycles. The number of benzene rings is 1. The lowest BCUT2D eigenvalue weighted by molar-refractivity contribution is -0.0141. The highest BCUT2D eigenvalue weighted by atomic mass is 35.5. The molecular weight excluding hydrogens is 258 g/mol. The van der Waals surface area contributed by atoms with Gasteiger partial charge >= 0.3 is 0 Å². The summed E-state index contributed by atoms with van der Waals surface area (Å²) >= 11 is 6.23. The Bertz CT molecular complexity index is 415. The van der Waals surface area contributed by atoms with Gasteiger partial charge in [-0.15, -0.1) is 0 Å². The topological polar surface area (TPSA) is 21.3 Å². The second-order valence-corrected chi connectivity index (χ2v) is 5.98. The molecule has 1 fully saturated rings. The summed E-state index contributed by atoms with van der Waals surface area (Å²) in [6.45, 7) is 6.37. The van der Waals surface area contributed by atoms with Crippen LogP contribution in [-0.4, -0.2) is 18.7 Å². The van der Waals surface area contributed by atoms with Gasteiger partial charge in [-0.3, -0.25) is 0 Å². The third-order valence-electron chi connectivity index (χ3n) is 3.86. The van der Waals surface area contributed by atoms with Gasteiger partial charge in [-0.2, -0.15) is 0 Å². The molecule has 3 heteroatoms. The number of rotatable bonds is 7. The minimum Gasteiger partial charge on any atom is -0.486 e. The zero-order valence-electron chi connectivity index (χ0n) is 12.0. The lowest BCUT2D eigenvalue weighted by atomic mass is 9.77. The van der Waals surface area contributed by atoms with E-state index in [1.807, 2.05) is 18.2 Å². The van der Waals surface area contributed by atoms with Crippen LogP contribution in [0.1, 0.15) is 44.6 Å². The minimum absolute atomic E-state index is 0.0121. The van der Waals surface area contributed by atoms with Crippen LogP contribution >= 0.6 is 11.6 Å². The molecule has 106 valence electrons. The number of hydrogen-bond donors (Lipinski definition) is 1. The molecule has 0 amide bonds. The fourth-order valence-electron chi connectivity index (χ4n) is 2.51. The predicted molar refractivity (Wildman–Crippen MR) is 81.2 cm³/mol. The molecule has 1 N–H and O–H groups in total. The summed E-state index contributed by atoms with van der Waals surface area (Å²) in [4.78, 5) is 0. The average molecular weight is 282 g/mol. The number of nitrogens with one attached hydrogen (secondary N) is 1. The fourth-order valence-corrected chi connectivity index (χ4v) is 2.67. The normalized spacial score (nSPS) is 17.0. The van der Waals surface area contributed by atoms with E-state index >= 15 is 0 Å². The van der Waals surface area contributed by atoms with E-state index in [1.54, 1.807) is 0 Å². The SMILES string of the molecule is CCCNCCC1(Oc2cc(C)ccc2Cl)CCC1. The van der Waals surface area contributed by atoms with Crippen LogP contribution in [0.4, 0.5) is 0 Å². The van der Waals surface area contributed by atoms with Crippen LogP contribution in [0, 0.1) is 6.92 Å². The van der Waals surface area contributed by atoms with Crippen molar-refractivity contribution in [2.45, 2.75) is 51.6 Å². The number of ether oxygens (including phenoxy) is 1. The van der Waals surface area contributed by atoms with Crippen LogP contribution in [0.15, 0.2) is 18.2 Å². The second kappa shape index (κ2) is 6.62. The highest BCUT2D eigenvalue weighted by molar-refractivity contribution is 6.32. The van der Waals surface area contributed by atoms with Crippen LogP contribution in [0.3, 0.4) is 0 Å². The third-order valence-corrected chi connectivity index (χ3v) is 4.17. The summed E-state index contributed by atoms with van der Waals surface area (Å²) in [7, 11) is 0. The summed E-state index contributed by atoms with van der Waals surface area (Å²) in [5.41, 5.74) is 1.20. The Morgan fingerprint density at radius 2 is 2.11 bits per heavy atom. The molecule has 0 bridgehead atoms. The lowest BCUT2D eigenvalue weighted by Gasteiger charge is -2.42. The molecule has 0 heterocycles. The number of hydrogen-bond acceptors (Lipinski definition) is 2. The standard InChI is InChI=1S/C16H24ClNO/c1-3-10-18-11-9-16(7-4-8-16)19-15-12-13(2)5-6-14(15)17/h5-6,12,18H,3-4,7-11H2,1-2H3. The van der Waals surface area contributed by atoms with Gasteiger partial charge in [0, 0.05) is 0 Å². The molecule has 1 aliphatic rings. The van der Waals surface area contributed by atoms with Crippen molar-refractivity contribution in [1.82, 2.24) is 5.32 Å². The Morgan fingerprint density at radius 1 is 1.32 bits per heavy atom. The van der Waals surface area contributed by atoms with E-state index in [2.05, 4.69) is 19.2 Å². The fraction of sp³-hybridized carbons (Fsp3) is 0.625.